The summed E-state index contributed by atoms with van der Waals surface area (Å²) in [6.45, 7) is 5.11. The Labute approximate surface area is 93.5 Å². The molecule has 0 aliphatic heterocycles. The quantitative estimate of drug-likeness (QED) is 0.685. The Hall–Kier alpha value is -1.89. The number of ether oxygens (including phenoxy) is 1. The number of hydrogen-bond acceptors (Lipinski definition) is 3. The third kappa shape index (κ3) is 3.06. The summed E-state index contributed by atoms with van der Waals surface area (Å²) >= 11 is 0. The van der Waals surface area contributed by atoms with Gasteiger partial charge < -0.3 is 4.74 Å². The summed E-state index contributed by atoms with van der Waals surface area (Å²) < 4.78 is 18.0. The smallest absolute Gasteiger partial charge is 0.340 e. The molecule has 0 aliphatic rings. The predicted octanol–water partition coefficient (Wildman–Crippen LogP) is 2.65. The van der Waals surface area contributed by atoms with Gasteiger partial charge in [-0.1, -0.05) is 0 Å². The van der Waals surface area contributed by atoms with E-state index in [-0.39, 0.29) is 11.1 Å². The molecule has 0 N–H and O–H groups in total. The van der Waals surface area contributed by atoms with Crippen molar-refractivity contribution in [3.8, 4) is 6.07 Å². The Kier molecular flexibility index (Phi) is 3.28. The number of benzene rings is 1. The topological polar surface area (TPSA) is 50.1 Å². The second-order valence-electron chi connectivity index (χ2n) is 4.30. The molecular weight excluding hydrogens is 209 g/mol. The van der Waals surface area contributed by atoms with Crippen LogP contribution in [-0.2, 0) is 4.74 Å². The SMILES string of the molecule is CC(C)(C)OC(=O)c1cc(F)ccc1C#N. The minimum Gasteiger partial charge on any atom is -0.456 e. The largest absolute Gasteiger partial charge is 0.456 e. The molecule has 0 radical (unpaired) electrons. The van der Waals surface area contributed by atoms with Crippen LogP contribution in [0.1, 0.15) is 36.7 Å². The van der Waals surface area contributed by atoms with Crippen molar-refractivity contribution in [2.24, 2.45) is 0 Å². The Morgan fingerprint density at radius 2 is 2.06 bits per heavy atom. The molecule has 0 heterocycles. The average Bonchev–Trinajstić information content (AvgIpc) is 2.15. The second-order valence-corrected chi connectivity index (χ2v) is 4.30. The van der Waals surface area contributed by atoms with Crippen molar-refractivity contribution >= 4 is 5.97 Å². The van der Waals surface area contributed by atoms with Crippen molar-refractivity contribution < 1.29 is 13.9 Å². The molecule has 3 nitrogen and oxygen atoms in total. The fourth-order valence-electron chi connectivity index (χ4n) is 1.12. The van der Waals surface area contributed by atoms with Crippen molar-refractivity contribution in [2.45, 2.75) is 26.4 Å². The summed E-state index contributed by atoms with van der Waals surface area (Å²) in [5.41, 5.74) is -0.607. The number of carbonyl (C=O) groups is 1. The van der Waals surface area contributed by atoms with E-state index in [0.29, 0.717) is 0 Å². The number of rotatable bonds is 1. The summed E-state index contributed by atoms with van der Waals surface area (Å²) in [6, 6.07) is 5.22. The fraction of sp³-hybridized carbons (Fsp3) is 0.333. The van der Waals surface area contributed by atoms with Crippen LogP contribution in [0.3, 0.4) is 0 Å². The van der Waals surface area contributed by atoms with Crippen LogP contribution in [0.4, 0.5) is 4.39 Å². The molecule has 0 amide bonds. The van der Waals surface area contributed by atoms with E-state index in [1.165, 1.54) is 6.07 Å². The number of carbonyl (C=O) groups excluding carboxylic acids is 1. The molecule has 4 heteroatoms. The van der Waals surface area contributed by atoms with Gasteiger partial charge in [0.2, 0.25) is 0 Å². The van der Waals surface area contributed by atoms with E-state index in [9.17, 15) is 9.18 Å². The van der Waals surface area contributed by atoms with Crippen LogP contribution in [0.2, 0.25) is 0 Å². The van der Waals surface area contributed by atoms with E-state index in [4.69, 9.17) is 10.00 Å². The van der Waals surface area contributed by atoms with Crippen LogP contribution >= 0.6 is 0 Å². The van der Waals surface area contributed by atoms with Crippen LogP contribution in [0, 0.1) is 17.1 Å². The number of esters is 1. The summed E-state index contributed by atoms with van der Waals surface area (Å²) in [6.07, 6.45) is 0. The van der Waals surface area contributed by atoms with Crippen molar-refractivity contribution in [1.29, 1.82) is 5.26 Å². The summed E-state index contributed by atoms with van der Waals surface area (Å²) in [4.78, 5) is 11.7. The zero-order valence-corrected chi connectivity index (χ0v) is 9.37. The molecule has 0 saturated heterocycles. The number of halogens is 1. The molecule has 84 valence electrons. The Bertz CT molecular complexity index is 455. The van der Waals surface area contributed by atoms with Crippen molar-refractivity contribution in [1.82, 2.24) is 0 Å². The first kappa shape index (κ1) is 12.2. The van der Waals surface area contributed by atoms with Crippen molar-refractivity contribution in [3.63, 3.8) is 0 Å². The van der Waals surface area contributed by atoms with Gasteiger partial charge in [-0.25, -0.2) is 9.18 Å². The molecule has 0 unspecified atom stereocenters. The molecular formula is C12H12FNO2. The highest BCUT2D eigenvalue weighted by atomic mass is 19.1. The lowest BCUT2D eigenvalue weighted by Gasteiger charge is -2.19. The van der Waals surface area contributed by atoms with Crippen LogP contribution in [0.5, 0.6) is 0 Å². The van der Waals surface area contributed by atoms with Crippen LogP contribution < -0.4 is 0 Å². The van der Waals surface area contributed by atoms with E-state index in [1.54, 1.807) is 20.8 Å². The van der Waals surface area contributed by atoms with Gasteiger partial charge in [0.05, 0.1) is 11.1 Å². The third-order valence-electron chi connectivity index (χ3n) is 1.72. The molecule has 0 fully saturated rings. The van der Waals surface area contributed by atoms with E-state index >= 15 is 0 Å². The molecule has 1 aromatic carbocycles. The first-order valence-corrected chi connectivity index (χ1v) is 4.76. The van der Waals surface area contributed by atoms with Crippen LogP contribution in [0.25, 0.3) is 0 Å². The zero-order chi connectivity index (χ0) is 12.3. The van der Waals surface area contributed by atoms with Gasteiger partial charge >= 0.3 is 5.97 Å². The van der Waals surface area contributed by atoms with Gasteiger partial charge in [0.15, 0.2) is 0 Å². The first-order valence-electron chi connectivity index (χ1n) is 4.76. The number of nitrogens with zero attached hydrogens (tertiary/aromatic N) is 1. The van der Waals surface area contributed by atoms with E-state index in [2.05, 4.69) is 0 Å². The van der Waals surface area contributed by atoms with E-state index in [0.717, 1.165) is 12.1 Å². The van der Waals surface area contributed by atoms with Gasteiger partial charge in [-0.05, 0) is 39.0 Å². The lowest BCUT2D eigenvalue weighted by atomic mass is 10.1. The van der Waals surface area contributed by atoms with Gasteiger partial charge in [-0.2, -0.15) is 5.26 Å². The number of hydrogen-bond donors (Lipinski definition) is 0. The maximum absolute atomic E-state index is 13.0. The van der Waals surface area contributed by atoms with E-state index < -0.39 is 17.4 Å². The van der Waals surface area contributed by atoms with Gasteiger partial charge in [0, 0.05) is 0 Å². The van der Waals surface area contributed by atoms with Gasteiger partial charge in [0.25, 0.3) is 0 Å². The molecule has 0 saturated carbocycles. The Balaban J connectivity index is 3.08. The highest BCUT2D eigenvalue weighted by Crippen LogP contribution is 2.16. The monoisotopic (exact) mass is 221 g/mol. The minimum atomic E-state index is -0.691. The van der Waals surface area contributed by atoms with Gasteiger partial charge in [-0.15, -0.1) is 0 Å². The van der Waals surface area contributed by atoms with Crippen LogP contribution in [-0.4, -0.2) is 11.6 Å². The lowest BCUT2D eigenvalue weighted by Crippen LogP contribution is -2.24. The average molecular weight is 221 g/mol. The molecule has 1 rings (SSSR count). The molecule has 0 aromatic heterocycles. The minimum absolute atomic E-state index is 0.0441. The highest BCUT2D eigenvalue weighted by Gasteiger charge is 2.20. The maximum Gasteiger partial charge on any atom is 0.340 e. The molecule has 0 aliphatic carbocycles. The van der Waals surface area contributed by atoms with Crippen LogP contribution in [0.15, 0.2) is 18.2 Å². The normalized spacial score (nSPS) is 10.7. The standard InChI is InChI=1S/C12H12FNO2/c1-12(2,3)16-11(15)10-6-9(13)5-4-8(10)7-14/h4-6H,1-3H3. The summed E-state index contributed by atoms with van der Waals surface area (Å²) in [7, 11) is 0. The Morgan fingerprint density at radius 3 is 2.56 bits per heavy atom. The number of nitriles is 1. The highest BCUT2D eigenvalue weighted by molar-refractivity contribution is 5.92. The fourth-order valence-corrected chi connectivity index (χ4v) is 1.12. The van der Waals surface area contributed by atoms with E-state index in [1.807, 2.05) is 6.07 Å². The molecule has 0 bridgehead atoms. The molecule has 0 atom stereocenters. The first-order chi connectivity index (χ1) is 7.33. The lowest BCUT2D eigenvalue weighted by molar-refractivity contribution is 0.00687. The molecule has 1 aromatic rings. The zero-order valence-electron chi connectivity index (χ0n) is 9.37. The Morgan fingerprint density at radius 1 is 1.44 bits per heavy atom. The predicted molar refractivity (Wildman–Crippen MR) is 56.3 cm³/mol. The molecule has 0 spiro atoms. The van der Waals surface area contributed by atoms with Crippen molar-refractivity contribution in [3.05, 3.63) is 35.1 Å². The summed E-state index contributed by atoms with van der Waals surface area (Å²) in [5.74, 6) is -1.26. The second kappa shape index (κ2) is 4.31. The maximum atomic E-state index is 13.0. The third-order valence-corrected chi connectivity index (χ3v) is 1.72. The molecule has 16 heavy (non-hydrogen) atoms. The summed E-state index contributed by atoms with van der Waals surface area (Å²) in [5, 5.41) is 8.78. The van der Waals surface area contributed by atoms with Gasteiger partial charge in [0.1, 0.15) is 17.5 Å². The van der Waals surface area contributed by atoms with Gasteiger partial charge in [-0.3, -0.25) is 0 Å². The van der Waals surface area contributed by atoms with Crippen molar-refractivity contribution in [2.75, 3.05) is 0 Å².